The summed E-state index contributed by atoms with van der Waals surface area (Å²) in [5, 5.41) is 4.38. The predicted octanol–water partition coefficient (Wildman–Crippen LogP) is 1.19. The van der Waals surface area contributed by atoms with Gasteiger partial charge in [-0.1, -0.05) is 18.2 Å². The molecule has 1 aliphatic heterocycles. The van der Waals surface area contributed by atoms with Gasteiger partial charge in [0.25, 0.3) is 10.7 Å². The molecule has 0 atom stereocenters. The molecule has 2 N–H and O–H groups in total. The van der Waals surface area contributed by atoms with Gasteiger partial charge in [-0.25, -0.2) is 9.37 Å². The number of anilines is 1. The summed E-state index contributed by atoms with van der Waals surface area (Å²) in [6.45, 7) is 4.43. The van der Waals surface area contributed by atoms with Gasteiger partial charge in [-0.2, -0.15) is 4.68 Å². The number of pyridine rings is 1. The summed E-state index contributed by atoms with van der Waals surface area (Å²) in [4.78, 5) is 7.24. The van der Waals surface area contributed by atoms with Crippen LogP contribution in [0.1, 0.15) is 0 Å². The number of hydrogen-bond donors (Lipinski definition) is 1. The fourth-order valence-electron chi connectivity index (χ4n) is 3.16. The molecule has 1 aromatic carbocycles. The van der Waals surface area contributed by atoms with E-state index in [1.54, 1.807) is 22.9 Å². The quantitative estimate of drug-likeness (QED) is 0.698. The van der Waals surface area contributed by atoms with E-state index in [0.717, 1.165) is 32.0 Å². The number of aromatic amines is 1. The van der Waals surface area contributed by atoms with Crippen LogP contribution in [0.15, 0.2) is 53.1 Å². The van der Waals surface area contributed by atoms with E-state index in [1.165, 1.54) is 11.0 Å². The molecule has 0 aliphatic carbocycles. The zero-order valence-corrected chi connectivity index (χ0v) is 15.0. The van der Waals surface area contributed by atoms with Crippen LogP contribution in [0.3, 0.4) is 0 Å². The number of nitrogens with zero attached hydrogens (tertiary/aromatic N) is 3. The van der Waals surface area contributed by atoms with Gasteiger partial charge in [-0.05, 0) is 30.4 Å². The number of halogens is 1. The lowest BCUT2D eigenvalue weighted by Gasteiger charge is -2.27. The lowest BCUT2D eigenvalue weighted by Crippen LogP contribution is -3.14. The largest absolute Gasteiger partial charge is 0.409 e. The van der Waals surface area contributed by atoms with Gasteiger partial charge in [-0.15, -0.1) is 5.10 Å². The van der Waals surface area contributed by atoms with E-state index < -0.39 is 0 Å². The molecule has 0 radical (unpaired) electrons. The average Bonchev–Trinajstić information content (AvgIpc) is 3.04. The molecule has 6 nitrogen and oxygen atoms in total. The van der Waals surface area contributed by atoms with Crippen LogP contribution >= 0.6 is 12.2 Å². The van der Waals surface area contributed by atoms with E-state index in [-0.39, 0.29) is 16.5 Å². The molecule has 0 bridgehead atoms. The number of aromatic nitrogens is 3. The monoisotopic (exact) mass is 373 g/mol. The number of piperazine rings is 1. The first-order chi connectivity index (χ1) is 12.7. The zero-order chi connectivity index (χ0) is 17.9. The molecule has 1 fully saturated rings. The highest BCUT2D eigenvalue weighted by Gasteiger charge is 2.26. The first-order valence-electron chi connectivity index (χ1n) is 8.59. The highest BCUT2D eigenvalue weighted by molar-refractivity contribution is 7.71. The summed E-state index contributed by atoms with van der Waals surface area (Å²) in [5.74, 6) is 0.993. The van der Waals surface area contributed by atoms with Crippen molar-refractivity contribution in [3.8, 4) is 11.5 Å². The van der Waals surface area contributed by atoms with Gasteiger partial charge >= 0.3 is 0 Å². The fraction of sp³-hybridized carbons (Fsp3) is 0.278. The van der Waals surface area contributed by atoms with Crippen molar-refractivity contribution in [2.75, 3.05) is 31.1 Å². The van der Waals surface area contributed by atoms with Gasteiger partial charge in [0, 0.05) is 6.07 Å². The summed E-state index contributed by atoms with van der Waals surface area (Å²) >= 11 is 5.27. The first kappa shape index (κ1) is 16.9. The Balaban J connectivity index is 1.43. The van der Waals surface area contributed by atoms with Gasteiger partial charge in [0.05, 0.1) is 11.8 Å². The van der Waals surface area contributed by atoms with Crippen LogP contribution in [-0.2, 0) is 6.67 Å². The minimum absolute atomic E-state index is 0.227. The summed E-state index contributed by atoms with van der Waals surface area (Å²) in [7, 11) is 0. The van der Waals surface area contributed by atoms with E-state index >= 15 is 0 Å². The second-order valence-corrected chi connectivity index (χ2v) is 6.64. The third-order valence-electron chi connectivity index (χ3n) is 4.59. The highest BCUT2D eigenvalue weighted by Crippen LogP contribution is 2.20. The maximum Gasteiger partial charge on any atom is 0.292 e. The van der Waals surface area contributed by atoms with Crippen molar-refractivity contribution in [2.45, 2.75) is 6.67 Å². The van der Waals surface area contributed by atoms with Crippen LogP contribution in [0.2, 0.25) is 0 Å². The third-order valence-corrected chi connectivity index (χ3v) is 4.88. The molecule has 1 aliphatic rings. The summed E-state index contributed by atoms with van der Waals surface area (Å²) in [5.41, 5.74) is 0.330. The number of nitrogens with one attached hydrogen (secondary N) is 2. The number of quaternary nitrogens is 1. The Bertz CT molecular complexity index is 934. The van der Waals surface area contributed by atoms with E-state index in [0.29, 0.717) is 12.2 Å². The molecule has 26 heavy (non-hydrogen) atoms. The smallest absolute Gasteiger partial charge is 0.292 e. The molecule has 8 heteroatoms. The second-order valence-electron chi connectivity index (χ2n) is 6.30. The van der Waals surface area contributed by atoms with Crippen molar-refractivity contribution in [1.82, 2.24) is 9.78 Å². The summed E-state index contributed by atoms with van der Waals surface area (Å²) in [6, 6.07) is 12.5. The highest BCUT2D eigenvalue weighted by atomic mass is 32.1. The van der Waals surface area contributed by atoms with Crippen LogP contribution in [0.5, 0.6) is 0 Å². The predicted molar refractivity (Wildman–Crippen MR) is 96.6 cm³/mol. The molecule has 0 saturated carbocycles. The van der Waals surface area contributed by atoms with Crippen molar-refractivity contribution in [1.29, 1.82) is 0 Å². The lowest BCUT2D eigenvalue weighted by atomic mass is 10.2. The molecule has 3 aromatic rings. The number of rotatable bonds is 4. The van der Waals surface area contributed by atoms with Crippen molar-refractivity contribution < 1.29 is 18.7 Å². The van der Waals surface area contributed by atoms with Gasteiger partial charge in [-0.3, -0.25) is 4.90 Å². The number of hydrogen-bond acceptors (Lipinski definition) is 4. The van der Waals surface area contributed by atoms with Crippen molar-refractivity contribution in [3.63, 3.8) is 0 Å². The van der Waals surface area contributed by atoms with E-state index in [1.807, 2.05) is 18.3 Å². The Morgan fingerprint density at radius 1 is 1.15 bits per heavy atom. The van der Waals surface area contributed by atoms with Crippen LogP contribution in [0.4, 0.5) is 10.2 Å². The average molecular weight is 373 g/mol. The third kappa shape index (κ3) is 3.51. The summed E-state index contributed by atoms with van der Waals surface area (Å²) < 4.78 is 21.1. The number of benzene rings is 1. The maximum absolute atomic E-state index is 13.9. The minimum Gasteiger partial charge on any atom is -0.409 e. The van der Waals surface area contributed by atoms with Gasteiger partial charge in [0.1, 0.15) is 32.0 Å². The van der Waals surface area contributed by atoms with E-state index in [9.17, 15) is 4.39 Å². The van der Waals surface area contributed by atoms with Crippen molar-refractivity contribution >= 4 is 18.0 Å². The Morgan fingerprint density at radius 3 is 2.65 bits per heavy atom. The Kier molecular flexibility index (Phi) is 4.77. The molecule has 0 unspecified atom stereocenters. The molecular weight excluding hydrogens is 353 g/mol. The molecule has 4 rings (SSSR count). The first-order valence-corrected chi connectivity index (χ1v) is 8.99. The van der Waals surface area contributed by atoms with Gasteiger partial charge in [0.2, 0.25) is 5.89 Å². The molecule has 3 heterocycles. The topological polar surface area (TPSA) is 52.8 Å². The maximum atomic E-state index is 13.9. The molecular formula is C18H20FN5OS+2. The molecule has 134 valence electrons. The Hall–Kier alpha value is -2.58. The standard InChI is InChI=1S/C18H18FN5OS/c19-15-6-2-1-5-14(15)17-21-24(18(26)25-17)13-22-9-11-23(12-10-22)16-7-3-4-8-20-16/h1-8H,9-13H2/p+2. The van der Waals surface area contributed by atoms with E-state index in [2.05, 4.69) is 21.0 Å². The molecule has 0 spiro atoms. The molecule has 0 amide bonds. The van der Waals surface area contributed by atoms with Crippen LogP contribution in [0.25, 0.3) is 11.5 Å². The SMILES string of the molecule is Fc1ccccc1-c1nn(C[NH+]2CCN(c3cccc[nH+]3)CC2)c(=S)o1. The molecule has 2 aromatic heterocycles. The van der Waals surface area contributed by atoms with Crippen LogP contribution < -0.4 is 14.8 Å². The second kappa shape index (κ2) is 7.35. The zero-order valence-electron chi connectivity index (χ0n) is 14.2. The Morgan fingerprint density at radius 2 is 1.92 bits per heavy atom. The van der Waals surface area contributed by atoms with Crippen molar-refractivity contribution in [3.05, 3.63) is 59.3 Å². The molecule has 1 saturated heterocycles. The lowest BCUT2D eigenvalue weighted by molar-refractivity contribution is -0.924. The van der Waals surface area contributed by atoms with Gasteiger partial charge < -0.3 is 9.32 Å². The Labute approximate surface area is 155 Å². The fourth-order valence-corrected chi connectivity index (χ4v) is 3.35. The minimum atomic E-state index is -0.365. The number of H-pyrrole nitrogens is 1. The van der Waals surface area contributed by atoms with Crippen molar-refractivity contribution in [2.24, 2.45) is 0 Å². The van der Waals surface area contributed by atoms with Crippen LogP contribution in [-0.4, -0.2) is 36.0 Å². The summed E-state index contributed by atoms with van der Waals surface area (Å²) in [6.07, 6.45) is 1.94. The van der Waals surface area contributed by atoms with Crippen LogP contribution in [0, 0.1) is 10.7 Å². The normalized spacial score (nSPS) is 15.3. The van der Waals surface area contributed by atoms with E-state index in [4.69, 9.17) is 16.6 Å². The van der Waals surface area contributed by atoms with Gasteiger partial charge in [0.15, 0.2) is 6.67 Å².